The van der Waals surface area contributed by atoms with E-state index in [1.54, 1.807) is 4.90 Å². The predicted octanol–water partition coefficient (Wildman–Crippen LogP) is 3.57. The van der Waals surface area contributed by atoms with Crippen molar-refractivity contribution in [1.82, 2.24) is 15.0 Å². The first-order chi connectivity index (χ1) is 14.7. The molecule has 1 N–H and O–H groups in total. The molecule has 2 aromatic heterocycles. The molecule has 150 valence electrons. The molecule has 1 saturated heterocycles. The zero-order chi connectivity index (χ0) is 20.5. The number of β-amino-alcohol motifs (C(OH)–C–C–N with tert-alkyl or cyclic N) is 1. The van der Waals surface area contributed by atoms with Crippen LogP contribution in [0.4, 0.5) is 0 Å². The summed E-state index contributed by atoms with van der Waals surface area (Å²) >= 11 is 0. The topological polar surface area (TPSA) is 79.5 Å². The third-order valence-corrected chi connectivity index (χ3v) is 5.67. The molecule has 1 fully saturated rings. The van der Waals surface area contributed by atoms with Crippen molar-refractivity contribution in [2.24, 2.45) is 5.92 Å². The van der Waals surface area contributed by atoms with Crippen molar-refractivity contribution < 1.29 is 14.4 Å². The van der Waals surface area contributed by atoms with E-state index in [-0.39, 0.29) is 18.4 Å². The van der Waals surface area contributed by atoms with E-state index in [9.17, 15) is 9.90 Å². The zero-order valence-corrected chi connectivity index (χ0v) is 16.3. The van der Waals surface area contributed by atoms with Gasteiger partial charge in [-0.2, -0.15) is 0 Å². The van der Waals surface area contributed by atoms with Crippen LogP contribution in [0, 0.1) is 5.92 Å². The number of para-hydroxylation sites is 1. The van der Waals surface area contributed by atoms with Gasteiger partial charge in [-0.3, -0.25) is 9.78 Å². The summed E-state index contributed by atoms with van der Waals surface area (Å²) in [7, 11) is 0. The van der Waals surface area contributed by atoms with E-state index in [0.29, 0.717) is 24.2 Å². The highest BCUT2D eigenvalue weighted by Gasteiger charge is 2.36. The second kappa shape index (κ2) is 7.72. The van der Waals surface area contributed by atoms with Crippen LogP contribution >= 0.6 is 0 Å². The number of benzene rings is 2. The molecular weight excluding hydrogens is 378 g/mol. The number of pyridine rings is 1. The minimum atomic E-state index is -0.595. The van der Waals surface area contributed by atoms with Gasteiger partial charge in [0.1, 0.15) is 17.5 Å². The second-order valence-corrected chi connectivity index (χ2v) is 7.68. The van der Waals surface area contributed by atoms with Gasteiger partial charge in [0.2, 0.25) is 0 Å². The Hall–Kier alpha value is -3.51. The van der Waals surface area contributed by atoms with Crippen molar-refractivity contribution in [3.05, 3.63) is 84.3 Å². The highest BCUT2D eigenvalue weighted by atomic mass is 16.5. The number of nitrogens with zero attached hydrogens (tertiary/aromatic N) is 3. The van der Waals surface area contributed by atoms with Crippen LogP contribution in [-0.4, -0.2) is 45.2 Å². The third-order valence-electron chi connectivity index (χ3n) is 5.67. The lowest BCUT2D eigenvalue weighted by Crippen LogP contribution is -2.29. The summed E-state index contributed by atoms with van der Waals surface area (Å²) in [6.45, 7) is 0.754. The number of hydrogen-bond donors (Lipinski definition) is 1. The van der Waals surface area contributed by atoms with Gasteiger partial charge in [0, 0.05) is 35.7 Å². The monoisotopic (exact) mass is 399 g/mol. The summed E-state index contributed by atoms with van der Waals surface area (Å²) in [5.74, 6) is -0.245. The second-order valence-electron chi connectivity index (χ2n) is 7.68. The molecule has 0 aliphatic carbocycles. The van der Waals surface area contributed by atoms with E-state index < -0.39 is 6.10 Å². The molecule has 2 atom stereocenters. The number of fused-ring (bicyclic) bond motifs is 1. The Morgan fingerprint density at radius 3 is 2.70 bits per heavy atom. The number of likely N-dealkylation sites (tertiary alicyclic amines) is 1. The fourth-order valence-corrected chi connectivity index (χ4v) is 4.07. The van der Waals surface area contributed by atoms with Gasteiger partial charge in [-0.15, -0.1) is 0 Å². The maximum atomic E-state index is 13.1. The van der Waals surface area contributed by atoms with Gasteiger partial charge in [0.05, 0.1) is 11.6 Å². The summed E-state index contributed by atoms with van der Waals surface area (Å²) in [6.07, 6.45) is 1.41. The molecule has 4 aromatic rings. The van der Waals surface area contributed by atoms with Crippen LogP contribution in [0.3, 0.4) is 0 Å². The maximum absolute atomic E-state index is 13.1. The Morgan fingerprint density at radius 1 is 1.03 bits per heavy atom. The minimum Gasteiger partial charge on any atom is -0.391 e. The molecule has 0 spiro atoms. The third kappa shape index (κ3) is 3.46. The van der Waals surface area contributed by atoms with Gasteiger partial charge in [0.25, 0.3) is 5.91 Å². The van der Waals surface area contributed by atoms with Gasteiger partial charge < -0.3 is 14.5 Å². The van der Waals surface area contributed by atoms with Gasteiger partial charge >= 0.3 is 0 Å². The van der Waals surface area contributed by atoms with E-state index in [1.165, 1.54) is 6.26 Å². The SMILES string of the molecule is O=C(c1conc1-c1ccccc1)N1C[C@@H](Cc2ccc3ccccc3n2)[C@H](O)C1. The first kappa shape index (κ1) is 18.5. The minimum absolute atomic E-state index is 0.0670. The molecule has 1 aliphatic heterocycles. The highest BCUT2D eigenvalue weighted by molar-refractivity contribution is 5.99. The summed E-state index contributed by atoms with van der Waals surface area (Å²) in [6, 6.07) is 21.5. The van der Waals surface area contributed by atoms with Gasteiger partial charge in [0.15, 0.2) is 0 Å². The summed E-state index contributed by atoms with van der Waals surface area (Å²) in [5.41, 5.74) is 3.62. The molecule has 0 radical (unpaired) electrons. The number of carbonyl (C=O) groups excluding carboxylic acids is 1. The highest BCUT2D eigenvalue weighted by Crippen LogP contribution is 2.27. The van der Waals surface area contributed by atoms with Crippen molar-refractivity contribution >= 4 is 16.8 Å². The first-order valence-corrected chi connectivity index (χ1v) is 10.0. The fourth-order valence-electron chi connectivity index (χ4n) is 4.07. The van der Waals surface area contributed by atoms with Crippen molar-refractivity contribution in [1.29, 1.82) is 0 Å². The van der Waals surface area contributed by atoms with Crippen LogP contribution in [0.1, 0.15) is 16.1 Å². The molecule has 6 nitrogen and oxygen atoms in total. The number of carbonyl (C=O) groups is 1. The molecule has 1 amide bonds. The van der Waals surface area contributed by atoms with Crippen LogP contribution in [-0.2, 0) is 6.42 Å². The Bertz CT molecular complexity index is 1190. The lowest BCUT2D eigenvalue weighted by atomic mass is 9.99. The number of amides is 1. The Morgan fingerprint density at radius 2 is 1.83 bits per heavy atom. The van der Waals surface area contributed by atoms with Crippen molar-refractivity contribution in [2.75, 3.05) is 13.1 Å². The molecule has 5 rings (SSSR count). The number of hydrogen-bond acceptors (Lipinski definition) is 5. The van der Waals surface area contributed by atoms with E-state index in [1.807, 2.05) is 66.7 Å². The quantitative estimate of drug-likeness (QED) is 0.568. The normalized spacial score (nSPS) is 18.8. The van der Waals surface area contributed by atoms with Crippen molar-refractivity contribution in [3.8, 4) is 11.3 Å². The fraction of sp³-hybridized carbons (Fsp3) is 0.208. The Labute approximate surface area is 173 Å². The lowest BCUT2D eigenvalue weighted by Gasteiger charge is -2.15. The molecule has 30 heavy (non-hydrogen) atoms. The molecule has 0 unspecified atom stereocenters. The molecule has 3 heterocycles. The van der Waals surface area contributed by atoms with Crippen molar-refractivity contribution in [3.63, 3.8) is 0 Å². The van der Waals surface area contributed by atoms with Crippen LogP contribution in [0.2, 0.25) is 0 Å². The zero-order valence-electron chi connectivity index (χ0n) is 16.3. The number of rotatable bonds is 4. The average molecular weight is 399 g/mol. The van der Waals surface area contributed by atoms with Crippen LogP contribution in [0.25, 0.3) is 22.2 Å². The van der Waals surface area contributed by atoms with E-state index in [4.69, 9.17) is 9.51 Å². The smallest absolute Gasteiger partial charge is 0.259 e. The van der Waals surface area contributed by atoms with Crippen LogP contribution in [0.15, 0.2) is 77.5 Å². The summed E-state index contributed by atoms with van der Waals surface area (Å²) < 4.78 is 5.10. The van der Waals surface area contributed by atoms with Crippen molar-refractivity contribution in [2.45, 2.75) is 12.5 Å². The average Bonchev–Trinajstić information content (AvgIpc) is 3.41. The molecule has 2 aromatic carbocycles. The molecular formula is C24H21N3O3. The molecule has 1 aliphatic rings. The van der Waals surface area contributed by atoms with Gasteiger partial charge in [-0.1, -0.05) is 59.8 Å². The number of aromatic nitrogens is 2. The van der Waals surface area contributed by atoms with Gasteiger partial charge in [-0.05, 0) is 18.6 Å². The van der Waals surface area contributed by atoms with E-state index in [0.717, 1.165) is 22.2 Å². The molecule has 6 heteroatoms. The molecule has 0 bridgehead atoms. The Balaban J connectivity index is 1.33. The van der Waals surface area contributed by atoms with Gasteiger partial charge in [-0.25, -0.2) is 0 Å². The Kier molecular flexibility index (Phi) is 4.77. The number of aliphatic hydroxyl groups is 1. The van der Waals surface area contributed by atoms with E-state index in [2.05, 4.69) is 5.16 Å². The summed E-state index contributed by atoms with van der Waals surface area (Å²) in [5, 5.41) is 15.7. The predicted molar refractivity (Wildman–Crippen MR) is 113 cm³/mol. The van der Waals surface area contributed by atoms with Crippen LogP contribution < -0.4 is 0 Å². The first-order valence-electron chi connectivity index (χ1n) is 10.0. The largest absolute Gasteiger partial charge is 0.391 e. The summed E-state index contributed by atoms with van der Waals surface area (Å²) in [4.78, 5) is 19.5. The lowest BCUT2D eigenvalue weighted by molar-refractivity contribution is 0.0764. The standard InChI is InChI=1S/C24H21N3O3/c28-22-14-27(24(29)20-15-30-26-23(20)17-7-2-1-3-8-17)13-18(22)12-19-11-10-16-6-4-5-9-21(16)25-19/h1-11,15,18,22,28H,12-14H2/t18-,22-/m1/s1. The number of aliphatic hydroxyl groups excluding tert-OH is 1. The molecule has 0 saturated carbocycles. The van der Waals surface area contributed by atoms with E-state index >= 15 is 0 Å². The maximum Gasteiger partial charge on any atom is 0.259 e. The van der Waals surface area contributed by atoms with Crippen LogP contribution in [0.5, 0.6) is 0 Å².